The summed E-state index contributed by atoms with van der Waals surface area (Å²) in [5.41, 5.74) is 0. The van der Waals surface area contributed by atoms with Gasteiger partial charge in [0.25, 0.3) is 0 Å². The van der Waals surface area contributed by atoms with Crippen molar-refractivity contribution in [3.63, 3.8) is 0 Å². The van der Waals surface area contributed by atoms with E-state index in [-0.39, 0.29) is 0 Å². The van der Waals surface area contributed by atoms with E-state index in [1.165, 1.54) is 19.3 Å². The topological polar surface area (TPSA) is 55.6 Å². The molecule has 0 bridgehead atoms. The third-order valence-corrected chi connectivity index (χ3v) is 2.83. The smallest absolute Gasteiger partial charge is 0.242 e. The summed E-state index contributed by atoms with van der Waals surface area (Å²) in [4.78, 5) is 0. The Morgan fingerprint density at radius 2 is 2.31 bits per heavy atom. The van der Waals surface area contributed by atoms with Crippen LogP contribution in [0.5, 0.6) is 0 Å². The second-order valence-corrected chi connectivity index (χ2v) is 3.75. The fourth-order valence-corrected chi connectivity index (χ4v) is 1.61. The standard InChI is InChI=1S/C8H15N5/c1-6(7-4-3-5-7)9-8-10-11-12-13(8)2/h6-7H,3-5H2,1-2H3,(H,9,10,12). The van der Waals surface area contributed by atoms with Crippen molar-refractivity contribution in [1.29, 1.82) is 0 Å². The van der Waals surface area contributed by atoms with Crippen molar-refractivity contribution in [3.05, 3.63) is 0 Å². The summed E-state index contributed by atoms with van der Waals surface area (Å²) in [6, 6.07) is 0.485. The molecule has 1 aliphatic rings. The molecule has 1 saturated carbocycles. The second-order valence-electron chi connectivity index (χ2n) is 3.75. The Hall–Kier alpha value is -1.13. The number of nitrogens with one attached hydrogen (secondary N) is 1. The fourth-order valence-electron chi connectivity index (χ4n) is 1.61. The minimum atomic E-state index is 0.485. The van der Waals surface area contributed by atoms with E-state index in [0.717, 1.165) is 11.9 Å². The maximum absolute atomic E-state index is 3.89. The molecule has 0 aliphatic heterocycles. The SMILES string of the molecule is CC(Nc1nnnn1C)C1CCC1. The molecule has 0 saturated heterocycles. The Balaban J connectivity index is 1.93. The predicted octanol–water partition coefficient (Wildman–Crippen LogP) is 0.811. The van der Waals surface area contributed by atoms with Crippen molar-refractivity contribution < 1.29 is 0 Å². The molecular weight excluding hydrogens is 166 g/mol. The highest BCUT2D eigenvalue weighted by Gasteiger charge is 2.24. The molecule has 0 spiro atoms. The maximum atomic E-state index is 3.89. The highest BCUT2D eigenvalue weighted by molar-refractivity contribution is 5.23. The molecule has 2 rings (SSSR count). The third kappa shape index (κ3) is 1.64. The van der Waals surface area contributed by atoms with E-state index in [4.69, 9.17) is 0 Å². The molecule has 1 N–H and O–H groups in total. The Kier molecular flexibility index (Phi) is 2.16. The predicted molar refractivity (Wildman–Crippen MR) is 49.2 cm³/mol. The van der Waals surface area contributed by atoms with Gasteiger partial charge in [-0.2, -0.15) is 0 Å². The molecule has 1 heterocycles. The van der Waals surface area contributed by atoms with Crippen LogP contribution >= 0.6 is 0 Å². The van der Waals surface area contributed by atoms with E-state index in [0.29, 0.717) is 6.04 Å². The Morgan fingerprint density at radius 1 is 1.54 bits per heavy atom. The maximum Gasteiger partial charge on any atom is 0.242 e. The molecule has 0 aromatic carbocycles. The van der Waals surface area contributed by atoms with Gasteiger partial charge in [0.15, 0.2) is 0 Å². The van der Waals surface area contributed by atoms with Gasteiger partial charge in [-0.15, -0.1) is 0 Å². The fraction of sp³-hybridized carbons (Fsp3) is 0.875. The van der Waals surface area contributed by atoms with Gasteiger partial charge in [-0.05, 0) is 36.1 Å². The van der Waals surface area contributed by atoms with Crippen LogP contribution in [0.4, 0.5) is 5.95 Å². The number of rotatable bonds is 3. The highest BCUT2D eigenvalue weighted by Crippen LogP contribution is 2.30. The van der Waals surface area contributed by atoms with E-state index in [1.807, 2.05) is 7.05 Å². The average Bonchev–Trinajstić information content (AvgIpc) is 2.32. The number of anilines is 1. The van der Waals surface area contributed by atoms with Crippen LogP contribution in [0.1, 0.15) is 26.2 Å². The number of tetrazole rings is 1. The molecule has 5 nitrogen and oxygen atoms in total. The van der Waals surface area contributed by atoms with Gasteiger partial charge in [0.05, 0.1) is 0 Å². The monoisotopic (exact) mass is 181 g/mol. The lowest BCUT2D eigenvalue weighted by atomic mass is 9.80. The first kappa shape index (κ1) is 8.47. The van der Waals surface area contributed by atoms with Crippen LogP contribution < -0.4 is 5.32 Å². The van der Waals surface area contributed by atoms with Crippen LogP contribution in [0.25, 0.3) is 0 Å². The van der Waals surface area contributed by atoms with Gasteiger partial charge in [-0.1, -0.05) is 11.5 Å². The van der Waals surface area contributed by atoms with Gasteiger partial charge >= 0.3 is 0 Å². The Bertz CT molecular complexity index is 278. The van der Waals surface area contributed by atoms with E-state index in [2.05, 4.69) is 27.8 Å². The molecule has 13 heavy (non-hydrogen) atoms. The molecular formula is C8H15N5. The number of aryl methyl sites for hydroxylation is 1. The van der Waals surface area contributed by atoms with E-state index in [9.17, 15) is 0 Å². The van der Waals surface area contributed by atoms with Crippen LogP contribution in [0.15, 0.2) is 0 Å². The van der Waals surface area contributed by atoms with Crippen LogP contribution in [-0.4, -0.2) is 26.2 Å². The van der Waals surface area contributed by atoms with Crippen molar-refractivity contribution in [1.82, 2.24) is 20.2 Å². The van der Waals surface area contributed by atoms with Crippen molar-refractivity contribution in [2.75, 3.05) is 5.32 Å². The van der Waals surface area contributed by atoms with Gasteiger partial charge in [0, 0.05) is 13.1 Å². The summed E-state index contributed by atoms with van der Waals surface area (Å²) in [6.07, 6.45) is 4.03. The number of hydrogen-bond donors (Lipinski definition) is 1. The molecule has 1 atom stereocenters. The summed E-state index contributed by atoms with van der Waals surface area (Å²) in [7, 11) is 1.84. The van der Waals surface area contributed by atoms with Crippen molar-refractivity contribution >= 4 is 5.95 Å². The minimum absolute atomic E-state index is 0.485. The lowest BCUT2D eigenvalue weighted by molar-refractivity contribution is 0.284. The molecule has 1 aromatic rings. The molecule has 1 aromatic heterocycles. The van der Waals surface area contributed by atoms with Crippen LogP contribution in [0, 0.1) is 5.92 Å². The second kappa shape index (κ2) is 3.32. The zero-order valence-electron chi connectivity index (χ0n) is 8.06. The summed E-state index contributed by atoms with van der Waals surface area (Å²) in [5.74, 6) is 1.57. The summed E-state index contributed by atoms with van der Waals surface area (Å²) in [6.45, 7) is 2.19. The molecule has 0 amide bonds. The van der Waals surface area contributed by atoms with Crippen LogP contribution in [-0.2, 0) is 7.05 Å². The third-order valence-electron chi connectivity index (χ3n) is 2.83. The molecule has 1 unspecified atom stereocenters. The van der Waals surface area contributed by atoms with Gasteiger partial charge < -0.3 is 5.32 Å². The Labute approximate surface area is 77.5 Å². The number of nitrogens with zero attached hydrogens (tertiary/aromatic N) is 4. The van der Waals surface area contributed by atoms with E-state index in [1.54, 1.807) is 4.68 Å². The highest BCUT2D eigenvalue weighted by atomic mass is 15.6. The first-order valence-electron chi connectivity index (χ1n) is 4.76. The summed E-state index contributed by atoms with van der Waals surface area (Å²) in [5, 5.41) is 14.6. The molecule has 0 radical (unpaired) electrons. The van der Waals surface area contributed by atoms with E-state index < -0.39 is 0 Å². The molecule has 5 heteroatoms. The van der Waals surface area contributed by atoms with Crippen LogP contribution in [0.2, 0.25) is 0 Å². The van der Waals surface area contributed by atoms with Gasteiger partial charge in [-0.3, -0.25) is 0 Å². The molecule has 72 valence electrons. The zero-order valence-corrected chi connectivity index (χ0v) is 8.06. The van der Waals surface area contributed by atoms with Crippen molar-refractivity contribution in [2.24, 2.45) is 13.0 Å². The number of aromatic nitrogens is 4. The molecule has 1 fully saturated rings. The van der Waals surface area contributed by atoms with E-state index >= 15 is 0 Å². The average molecular weight is 181 g/mol. The summed E-state index contributed by atoms with van der Waals surface area (Å²) < 4.78 is 1.66. The zero-order chi connectivity index (χ0) is 9.26. The van der Waals surface area contributed by atoms with Crippen LogP contribution in [0.3, 0.4) is 0 Å². The summed E-state index contributed by atoms with van der Waals surface area (Å²) >= 11 is 0. The van der Waals surface area contributed by atoms with Crippen molar-refractivity contribution in [2.45, 2.75) is 32.2 Å². The lowest BCUT2D eigenvalue weighted by Gasteiger charge is -2.31. The van der Waals surface area contributed by atoms with Gasteiger partial charge in [0.1, 0.15) is 0 Å². The van der Waals surface area contributed by atoms with Gasteiger partial charge in [0.2, 0.25) is 5.95 Å². The van der Waals surface area contributed by atoms with Gasteiger partial charge in [-0.25, -0.2) is 4.68 Å². The minimum Gasteiger partial charge on any atom is -0.350 e. The normalized spacial score (nSPS) is 19.5. The largest absolute Gasteiger partial charge is 0.350 e. The lowest BCUT2D eigenvalue weighted by Crippen LogP contribution is -2.31. The first-order valence-corrected chi connectivity index (χ1v) is 4.76. The van der Waals surface area contributed by atoms with Crippen molar-refractivity contribution in [3.8, 4) is 0 Å². The molecule has 1 aliphatic carbocycles. The Morgan fingerprint density at radius 3 is 2.77 bits per heavy atom. The number of hydrogen-bond acceptors (Lipinski definition) is 4. The first-order chi connectivity index (χ1) is 6.27. The quantitative estimate of drug-likeness (QED) is 0.749.